The molecule has 0 bridgehead atoms. The molecule has 0 spiro atoms. The molecule has 2 atom stereocenters. The summed E-state index contributed by atoms with van der Waals surface area (Å²) in [6.45, 7) is 3.60. The van der Waals surface area contributed by atoms with Crippen molar-refractivity contribution in [1.82, 2.24) is 5.32 Å². The topological polar surface area (TPSA) is 12.0 Å². The maximum atomic E-state index is 13.5. The molecule has 1 aliphatic heterocycles. The molecule has 3 heteroatoms. The summed E-state index contributed by atoms with van der Waals surface area (Å²) in [5.74, 6) is 0.495. The van der Waals surface area contributed by atoms with Crippen LogP contribution in [-0.2, 0) is 6.42 Å². The number of aryl methyl sites for hydroxylation is 1. The fourth-order valence-corrected chi connectivity index (χ4v) is 2.99. The minimum absolute atomic E-state index is 0.00782. The van der Waals surface area contributed by atoms with Crippen molar-refractivity contribution in [3.63, 3.8) is 0 Å². The van der Waals surface area contributed by atoms with Crippen LogP contribution in [0.1, 0.15) is 49.7 Å². The molecule has 0 radical (unpaired) electrons. The van der Waals surface area contributed by atoms with Crippen LogP contribution in [0, 0.1) is 5.82 Å². The Morgan fingerprint density at radius 3 is 2.74 bits per heavy atom. The Balaban J connectivity index is 0.000000186. The molecule has 3 rings (SSSR count). The van der Waals surface area contributed by atoms with Gasteiger partial charge in [-0.05, 0) is 55.3 Å². The van der Waals surface area contributed by atoms with Gasteiger partial charge in [0.05, 0.1) is 0 Å². The third-order valence-corrected chi connectivity index (χ3v) is 3.95. The maximum absolute atomic E-state index is 13.5. The van der Waals surface area contributed by atoms with Gasteiger partial charge in [-0.2, -0.15) is 0 Å². The molecule has 1 heterocycles. The van der Waals surface area contributed by atoms with Crippen LogP contribution in [0.15, 0.2) is 18.2 Å². The number of hydrogen-bond acceptors (Lipinski definition) is 1. The van der Waals surface area contributed by atoms with Crippen LogP contribution in [0.25, 0.3) is 0 Å². The zero-order valence-electron chi connectivity index (χ0n) is 11.6. The molecule has 2 aliphatic rings. The van der Waals surface area contributed by atoms with Gasteiger partial charge in [-0.15, -0.1) is 0 Å². The highest BCUT2D eigenvalue weighted by Crippen LogP contribution is 2.37. The van der Waals surface area contributed by atoms with E-state index in [1.54, 1.807) is 6.07 Å². The quantitative estimate of drug-likeness (QED) is 0.855. The number of rotatable bonds is 2. The highest BCUT2D eigenvalue weighted by atomic mass is 19.1. The zero-order valence-corrected chi connectivity index (χ0v) is 11.6. The van der Waals surface area contributed by atoms with Gasteiger partial charge >= 0.3 is 0 Å². The molecule has 1 aromatic carbocycles. The fraction of sp³-hybridized carbons (Fsp3) is 0.625. The smallest absolute Gasteiger partial charge is 0.126 e. The summed E-state index contributed by atoms with van der Waals surface area (Å²) >= 11 is 0. The molecular weight excluding hydrogens is 244 g/mol. The predicted octanol–water partition coefficient (Wildman–Crippen LogP) is 3.97. The molecule has 1 nitrogen and oxygen atoms in total. The first-order valence-electron chi connectivity index (χ1n) is 7.34. The van der Waals surface area contributed by atoms with E-state index >= 15 is 0 Å². The summed E-state index contributed by atoms with van der Waals surface area (Å²) in [5.41, 5.74) is 2.24. The standard InChI is InChI=1S/C12H15F.C4H8FN/c1-2-4-9-7-8-10-5-3-6-11(13)12(9)10;5-4-1-2-6-3-4/h3,5-6,9H,2,4,7-8H2,1H3;4,6H,1-3H2/t9-;4-/m00/s1. The first-order valence-corrected chi connectivity index (χ1v) is 7.34. The van der Waals surface area contributed by atoms with Crippen molar-refractivity contribution in [3.8, 4) is 0 Å². The third-order valence-electron chi connectivity index (χ3n) is 3.95. The van der Waals surface area contributed by atoms with Crippen LogP contribution in [0.2, 0.25) is 0 Å². The lowest BCUT2D eigenvalue weighted by atomic mass is 9.96. The molecule has 1 aliphatic carbocycles. The van der Waals surface area contributed by atoms with Gasteiger partial charge in [-0.1, -0.05) is 25.5 Å². The Morgan fingerprint density at radius 1 is 1.32 bits per heavy atom. The van der Waals surface area contributed by atoms with E-state index in [1.807, 2.05) is 6.07 Å². The van der Waals surface area contributed by atoms with Crippen molar-refractivity contribution >= 4 is 0 Å². The molecule has 0 unspecified atom stereocenters. The monoisotopic (exact) mass is 267 g/mol. The van der Waals surface area contributed by atoms with Crippen LogP contribution < -0.4 is 5.32 Å². The third kappa shape index (κ3) is 3.75. The summed E-state index contributed by atoms with van der Waals surface area (Å²) in [5, 5.41) is 2.90. The molecule has 1 aromatic rings. The lowest BCUT2D eigenvalue weighted by molar-refractivity contribution is 0.361. The molecule has 0 aromatic heterocycles. The highest BCUT2D eigenvalue weighted by Gasteiger charge is 2.24. The Kier molecular flexibility index (Phi) is 5.32. The van der Waals surface area contributed by atoms with E-state index in [2.05, 4.69) is 18.3 Å². The van der Waals surface area contributed by atoms with Crippen LogP contribution in [0.3, 0.4) is 0 Å². The van der Waals surface area contributed by atoms with Gasteiger partial charge in [-0.3, -0.25) is 0 Å². The number of hydrogen-bond donors (Lipinski definition) is 1. The number of nitrogens with one attached hydrogen (secondary N) is 1. The van der Waals surface area contributed by atoms with Crippen molar-refractivity contribution in [3.05, 3.63) is 35.1 Å². The molecule has 0 amide bonds. The van der Waals surface area contributed by atoms with Crippen LogP contribution in [0.5, 0.6) is 0 Å². The van der Waals surface area contributed by atoms with Crippen molar-refractivity contribution in [2.75, 3.05) is 13.1 Å². The van der Waals surface area contributed by atoms with Crippen LogP contribution in [-0.4, -0.2) is 19.3 Å². The maximum Gasteiger partial charge on any atom is 0.126 e. The fourth-order valence-electron chi connectivity index (χ4n) is 2.99. The van der Waals surface area contributed by atoms with E-state index in [-0.39, 0.29) is 5.82 Å². The first kappa shape index (κ1) is 14.4. The van der Waals surface area contributed by atoms with Crippen molar-refractivity contribution < 1.29 is 8.78 Å². The molecule has 19 heavy (non-hydrogen) atoms. The van der Waals surface area contributed by atoms with Gasteiger partial charge in [-0.25, -0.2) is 8.78 Å². The second-order valence-electron chi connectivity index (χ2n) is 5.43. The van der Waals surface area contributed by atoms with Gasteiger partial charge in [0.1, 0.15) is 12.0 Å². The Labute approximate surface area is 114 Å². The van der Waals surface area contributed by atoms with Gasteiger partial charge in [0.15, 0.2) is 0 Å². The van der Waals surface area contributed by atoms with E-state index in [1.165, 1.54) is 5.56 Å². The summed E-state index contributed by atoms with van der Waals surface area (Å²) in [6, 6.07) is 5.48. The summed E-state index contributed by atoms with van der Waals surface area (Å²) in [7, 11) is 0. The predicted molar refractivity (Wildman–Crippen MR) is 74.8 cm³/mol. The van der Waals surface area contributed by atoms with Gasteiger partial charge in [0.25, 0.3) is 0 Å². The minimum atomic E-state index is -0.565. The van der Waals surface area contributed by atoms with E-state index in [0.29, 0.717) is 18.9 Å². The number of alkyl halides is 1. The lowest BCUT2D eigenvalue weighted by Crippen LogP contribution is -2.08. The molecule has 106 valence electrons. The second kappa shape index (κ2) is 6.99. The average molecular weight is 267 g/mol. The van der Waals surface area contributed by atoms with Gasteiger partial charge < -0.3 is 5.32 Å². The van der Waals surface area contributed by atoms with Gasteiger partial charge in [0, 0.05) is 6.54 Å². The van der Waals surface area contributed by atoms with Crippen molar-refractivity contribution in [2.24, 2.45) is 0 Å². The SMILES string of the molecule is CCC[C@H]1CCc2cccc(F)c21.F[C@H]1CCNC1. The minimum Gasteiger partial charge on any atom is -0.314 e. The molecule has 1 fully saturated rings. The molecule has 1 N–H and O–H groups in total. The number of fused-ring (bicyclic) bond motifs is 1. The molecule has 1 saturated heterocycles. The summed E-state index contributed by atoms with van der Waals surface area (Å²) in [6.07, 6.45) is 4.64. The van der Waals surface area contributed by atoms with Crippen LogP contribution in [0.4, 0.5) is 8.78 Å². The Morgan fingerprint density at radius 2 is 2.16 bits per heavy atom. The zero-order chi connectivity index (χ0) is 13.7. The van der Waals surface area contributed by atoms with E-state index in [9.17, 15) is 8.78 Å². The molecular formula is C16H23F2N. The summed E-state index contributed by atoms with van der Waals surface area (Å²) in [4.78, 5) is 0. The van der Waals surface area contributed by atoms with E-state index in [4.69, 9.17) is 0 Å². The van der Waals surface area contributed by atoms with Crippen molar-refractivity contribution in [1.29, 1.82) is 0 Å². The van der Waals surface area contributed by atoms with Crippen LogP contribution >= 0.6 is 0 Å². The number of halogens is 2. The van der Waals surface area contributed by atoms with E-state index in [0.717, 1.165) is 37.8 Å². The Hall–Kier alpha value is -0.960. The second-order valence-corrected chi connectivity index (χ2v) is 5.43. The van der Waals surface area contributed by atoms with Gasteiger partial charge in [0.2, 0.25) is 0 Å². The largest absolute Gasteiger partial charge is 0.314 e. The van der Waals surface area contributed by atoms with E-state index < -0.39 is 6.17 Å². The first-order chi connectivity index (χ1) is 9.22. The number of benzene rings is 1. The average Bonchev–Trinajstić information content (AvgIpc) is 3.01. The normalized spacial score (nSPS) is 24.8. The summed E-state index contributed by atoms with van der Waals surface area (Å²) < 4.78 is 25.3. The molecule has 0 saturated carbocycles. The highest BCUT2D eigenvalue weighted by molar-refractivity contribution is 5.36. The lowest BCUT2D eigenvalue weighted by Gasteiger charge is -2.10. The Bertz CT molecular complexity index is 398. The van der Waals surface area contributed by atoms with Crippen molar-refractivity contribution in [2.45, 2.75) is 51.1 Å².